The Balaban J connectivity index is 2.60. The smallest absolute Gasteiger partial charge is 0.253 e. The Morgan fingerprint density at radius 3 is 2.50 bits per heavy atom. The number of benzene rings is 1. The molecule has 0 heterocycles. The molecule has 1 N–H and O–H groups in total. The second kappa shape index (κ2) is 5.12. The minimum Gasteiger partial charge on any atom is -0.372 e. The highest BCUT2D eigenvalue weighted by Crippen LogP contribution is 2.14. The molecule has 14 heavy (non-hydrogen) atoms. The molecular formula is C10H12BrNO2. The van der Waals surface area contributed by atoms with E-state index >= 15 is 0 Å². The fourth-order valence-corrected chi connectivity index (χ4v) is 1.15. The molecule has 1 aromatic carbocycles. The normalized spacial score (nSPS) is 12.2. The van der Waals surface area contributed by atoms with E-state index in [9.17, 15) is 4.79 Å². The molecule has 1 amide bonds. The van der Waals surface area contributed by atoms with Crippen LogP contribution in [-0.4, -0.2) is 19.1 Å². The van der Waals surface area contributed by atoms with Crippen LogP contribution in [0, 0.1) is 0 Å². The van der Waals surface area contributed by atoms with Crippen molar-refractivity contribution in [3.63, 3.8) is 0 Å². The van der Waals surface area contributed by atoms with Crippen LogP contribution in [0.2, 0.25) is 0 Å². The average molecular weight is 258 g/mol. The number of ether oxygens (including phenoxy) is 1. The highest BCUT2D eigenvalue weighted by Gasteiger charge is 2.10. The zero-order chi connectivity index (χ0) is 10.6. The number of halogens is 1. The largest absolute Gasteiger partial charge is 0.372 e. The first kappa shape index (κ1) is 11.2. The van der Waals surface area contributed by atoms with E-state index in [4.69, 9.17) is 4.74 Å². The van der Waals surface area contributed by atoms with E-state index in [0.717, 1.165) is 10.2 Å². The van der Waals surface area contributed by atoms with E-state index in [1.54, 1.807) is 6.92 Å². The van der Waals surface area contributed by atoms with Gasteiger partial charge in [-0.3, -0.25) is 4.79 Å². The summed E-state index contributed by atoms with van der Waals surface area (Å²) in [5.41, 5.74) is 0.766. The van der Waals surface area contributed by atoms with Crippen molar-refractivity contribution in [1.29, 1.82) is 0 Å². The van der Waals surface area contributed by atoms with Gasteiger partial charge in [0.05, 0.1) is 0 Å². The number of rotatable bonds is 3. The third-order valence-electron chi connectivity index (χ3n) is 1.83. The van der Waals surface area contributed by atoms with Crippen LogP contribution in [0.5, 0.6) is 0 Å². The number of carbonyl (C=O) groups is 1. The van der Waals surface area contributed by atoms with Crippen molar-refractivity contribution < 1.29 is 9.53 Å². The SMILES string of the molecule is COC(C)C(=O)Nc1ccc(Br)cc1. The molecule has 1 aromatic rings. The predicted molar refractivity (Wildman–Crippen MR) is 59.2 cm³/mol. The summed E-state index contributed by atoms with van der Waals surface area (Å²) in [5, 5.41) is 2.74. The zero-order valence-corrected chi connectivity index (χ0v) is 9.67. The van der Waals surface area contributed by atoms with E-state index in [1.165, 1.54) is 7.11 Å². The molecule has 0 saturated carbocycles. The molecule has 1 atom stereocenters. The zero-order valence-electron chi connectivity index (χ0n) is 8.08. The Morgan fingerprint density at radius 1 is 1.43 bits per heavy atom. The number of hydrogen-bond acceptors (Lipinski definition) is 2. The highest BCUT2D eigenvalue weighted by atomic mass is 79.9. The quantitative estimate of drug-likeness (QED) is 0.904. The lowest BCUT2D eigenvalue weighted by Gasteiger charge is -2.10. The summed E-state index contributed by atoms with van der Waals surface area (Å²) in [6.45, 7) is 1.70. The number of anilines is 1. The highest BCUT2D eigenvalue weighted by molar-refractivity contribution is 9.10. The number of amides is 1. The van der Waals surface area contributed by atoms with E-state index in [2.05, 4.69) is 21.2 Å². The first-order valence-electron chi connectivity index (χ1n) is 4.22. The molecule has 0 aliphatic rings. The fourth-order valence-electron chi connectivity index (χ4n) is 0.884. The molecule has 4 heteroatoms. The number of methoxy groups -OCH3 is 1. The molecule has 1 rings (SSSR count). The lowest BCUT2D eigenvalue weighted by Crippen LogP contribution is -2.26. The summed E-state index contributed by atoms with van der Waals surface area (Å²) in [7, 11) is 1.51. The monoisotopic (exact) mass is 257 g/mol. The van der Waals surface area contributed by atoms with E-state index in [1.807, 2.05) is 24.3 Å². The van der Waals surface area contributed by atoms with Crippen molar-refractivity contribution in [2.45, 2.75) is 13.0 Å². The minimum atomic E-state index is -0.432. The molecule has 0 aliphatic heterocycles. The van der Waals surface area contributed by atoms with Gasteiger partial charge >= 0.3 is 0 Å². The lowest BCUT2D eigenvalue weighted by atomic mass is 10.3. The molecule has 0 aliphatic carbocycles. The first-order chi connectivity index (χ1) is 6.63. The minimum absolute atomic E-state index is 0.144. The van der Waals surface area contributed by atoms with E-state index in [0.29, 0.717) is 0 Å². The fraction of sp³-hybridized carbons (Fsp3) is 0.300. The molecule has 76 valence electrons. The molecule has 0 spiro atoms. The Morgan fingerprint density at radius 2 is 2.00 bits per heavy atom. The van der Waals surface area contributed by atoms with Crippen LogP contribution in [0.3, 0.4) is 0 Å². The van der Waals surface area contributed by atoms with Gasteiger partial charge in [0.15, 0.2) is 0 Å². The van der Waals surface area contributed by atoms with Gasteiger partial charge in [0, 0.05) is 17.3 Å². The summed E-state index contributed by atoms with van der Waals surface area (Å²) in [6.07, 6.45) is -0.432. The van der Waals surface area contributed by atoms with Gasteiger partial charge in [-0.05, 0) is 31.2 Å². The van der Waals surface area contributed by atoms with Crippen LogP contribution in [0.1, 0.15) is 6.92 Å². The molecule has 0 aromatic heterocycles. The van der Waals surface area contributed by atoms with Crippen molar-refractivity contribution >= 4 is 27.5 Å². The van der Waals surface area contributed by atoms with Crippen LogP contribution in [0.15, 0.2) is 28.7 Å². The van der Waals surface area contributed by atoms with Crippen LogP contribution in [-0.2, 0) is 9.53 Å². The molecule has 0 fully saturated rings. The van der Waals surface area contributed by atoms with Gasteiger partial charge in [0.25, 0.3) is 5.91 Å². The number of nitrogens with one attached hydrogen (secondary N) is 1. The van der Waals surface area contributed by atoms with Gasteiger partial charge in [-0.25, -0.2) is 0 Å². The summed E-state index contributed by atoms with van der Waals surface area (Å²) in [4.78, 5) is 11.4. The Kier molecular flexibility index (Phi) is 4.10. The van der Waals surface area contributed by atoms with Crippen molar-refractivity contribution in [3.8, 4) is 0 Å². The summed E-state index contributed by atoms with van der Waals surface area (Å²) < 4.78 is 5.87. The summed E-state index contributed by atoms with van der Waals surface area (Å²) in [5.74, 6) is -0.144. The average Bonchev–Trinajstić information content (AvgIpc) is 2.20. The second-order valence-electron chi connectivity index (χ2n) is 2.87. The van der Waals surface area contributed by atoms with Gasteiger partial charge in [-0.15, -0.1) is 0 Å². The van der Waals surface area contributed by atoms with Crippen molar-refractivity contribution in [1.82, 2.24) is 0 Å². The molecule has 0 radical (unpaired) electrons. The topological polar surface area (TPSA) is 38.3 Å². The Labute approximate surface area is 91.6 Å². The number of carbonyl (C=O) groups excluding carboxylic acids is 1. The molecule has 1 unspecified atom stereocenters. The van der Waals surface area contributed by atoms with Crippen LogP contribution >= 0.6 is 15.9 Å². The maximum atomic E-state index is 11.4. The van der Waals surface area contributed by atoms with Crippen molar-refractivity contribution in [2.24, 2.45) is 0 Å². The second-order valence-corrected chi connectivity index (χ2v) is 3.79. The third-order valence-corrected chi connectivity index (χ3v) is 2.36. The molecule has 3 nitrogen and oxygen atoms in total. The van der Waals surface area contributed by atoms with Crippen LogP contribution < -0.4 is 5.32 Å². The maximum Gasteiger partial charge on any atom is 0.253 e. The van der Waals surface area contributed by atoms with Gasteiger partial charge in [-0.1, -0.05) is 15.9 Å². The standard InChI is InChI=1S/C10H12BrNO2/c1-7(14-2)10(13)12-9-5-3-8(11)4-6-9/h3-7H,1-2H3,(H,12,13). The van der Waals surface area contributed by atoms with Gasteiger partial charge < -0.3 is 10.1 Å². The third kappa shape index (κ3) is 3.12. The van der Waals surface area contributed by atoms with Crippen LogP contribution in [0.4, 0.5) is 5.69 Å². The maximum absolute atomic E-state index is 11.4. The lowest BCUT2D eigenvalue weighted by molar-refractivity contribution is -0.124. The van der Waals surface area contributed by atoms with Crippen molar-refractivity contribution in [2.75, 3.05) is 12.4 Å². The van der Waals surface area contributed by atoms with Crippen LogP contribution in [0.25, 0.3) is 0 Å². The molecule has 0 saturated heterocycles. The summed E-state index contributed by atoms with van der Waals surface area (Å²) >= 11 is 3.32. The molecule has 0 bridgehead atoms. The van der Waals surface area contributed by atoms with Gasteiger partial charge in [-0.2, -0.15) is 0 Å². The first-order valence-corrected chi connectivity index (χ1v) is 5.02. The van der Waals surface area contributed by atoms with E-state index < -0.39 is 6.10 Å². The Bertz CT molecular complexity index is 310. The number of hydrogen-bond donors (Lipinski definition) is 1. The summed E-state index contributed by atoms with van der Waals surface area (Å²) in [6, 6.07) is 7.38. The van der Waals surface area contributed by atoms with E-state index in [-0.39, 0.29) is 5.91 Å². The van der Waals surface area contributed by atoms with Gasteiger partial charge in [0.1, 0.15) is 6.10 Å². The predicted octanol–water partition coefficient (Wildman–Crippen LogP) is 2.42. The van der Waals surface area contributed by atoms with Gasteiger partial charge in [0.2, 0.25) is 0 Å². The Hall–Kier alpha value is -0.870. The molecular weight excluding hydrogens is 246 g/mol. The van der Waals surface area contributed by atoms with Crippen molar-refractivity contribution in [3.05, 3.63) is 28.7 Å².